The molecule has 0 aliphatic carbocycles. The van der Waals surface area contributed by atoms with Gasteiger partial charge in [-0.3, -0.25) is 14.4 Å². The zero-order chi connectivity index (χ0) is 26.7. The average molecular weight is 572 g/mol. The molecule has 37 heavy (non-hydrogen) atoms. The monoisotopic (exact) mass is 571 g/mol. The average Bonchev–Trinajstić information content (AvgIpc) is 3.19. The number of ether oxygens (including phenoxy) is 4. The molecule has 4 rings (SSSR count). The van der Waals surface area contributed by atoms with Crippen LogP contribution in [-0.2, 0) is 39.8 Å². The van der Waals surface area contributed by atoms with Crippen molar-refractivity contribution < 1.29 is 33.3 Å². The second-order valence-electron chi connectivity index (χ2n) is 9.24. The molecule has 2 aromatic carbocycles. The number of aromatic nitrogens is 1. The Kier molecular flexibility index (Phi) is 8.34. The van der Waals surface area contributed by atoms with Gasteiger partial charge in [0, 0.05) is 43.2 Å². The molecule has 0 N–H and O–H groups in total. The van der Waals surface area contributed by atoms with Gasteiger partial charge in [0.25, 0.3) is 0 Å². The Morgan fingerprint density at radius 3 is 2.35 bits per heavy atom. The summed E-state index contributed by atoms with van der Waals surface area (Å²) >= 11 is 3.49. The Bertz CT molecular complexity index is 1300. The number of carbonyl (C=O) groups excluding carboxylic acids is 3. The third-order valence-corrected chi connectivity index (χ3v) is 6.82. The highest BCUT2D eigenvalue weighted by atomic mass is 79.9. The fourth-order valence-corrected chi connectivity index (χ4v) is 5.12. The van der Waals surface area contributed by atoms with Crippen LogP contribution in [0, 0.1) is 6.92 Å². The summed E-state index contributed by atoms with van der Waals surface area (Å²) in [4.78, 5) is 35.5. The fraction of sp³-hybridized carbons (Fsp3) is 0.393. The smallest absolute Gasteiger partial charge is 0.303 e. The molecule has 4 unspecified atom stereocenters. The number of benzene rings is 2. The number of rotatable bonds is 7. The summed E-state index contributed by atoms with van der Waals surface area (Å²) in [5.41, 5.74) is 4.20. The van der Waals surface area contributed by atoms with Crippen molar-refractivity contribution in [2.75, 3.05) is 6.61 Å². The molecular weight excluding hydrogens is 542 g/mol. The van der Waals surface area contributed by atoms with Gasteiger partial charge in [-0.05, 0) is 48.2 Å². The van der Waals surface area contributed by atoms with Crippen LogP contribution in [0.5, 0.6) is 0 Å². The molecule has 2 heterocycles. The first-order chi connectivity index (χ1) is 17.6. The van der Waals surface area contributed by atoms with Crippen LogP contribution in [0.25, 0.3) is 10.9 Å². The van der Waals surface area contributed by atoms with Crippen molar-refractivity contribution in [1.29, 1.82) is 0 Å². The van der Waals surface area contributed by atoms with Crippen LogP contribution >= 0.6 is 15.9 Å². The molecule has 0 saturated carbocycles. The summed E-state index contributed by atoms with van der Waals surface area (Å²) in [5.74, 6) is -1.46. The summed E-state index contributed by atoms with van der Waals surface area (Å²) in [6.07, 6.45) is -0.167. The number of hydrogen-bond acceptors (Lipinski definition) is 7. The van der Waals surface area contributed by atoms with Crippen LogP contribution in [0.15, 0.2) is 53.1 Å². The number of nitrogens with zero attached hydrogens (tertiary/aromatic N) is 1. The minimum absolute atomic E-state index is 0.0135. The van der Waals surface area contributed by atoms with E-state index in [0.29, 0.717) is 6.42 Å². The first kappa shape index (κ1) is 26.9. The van der Waals surface area contributed by atoms with E-state index in [0.717, 1.165) is 32.1 Å². The standard InChI is InChI=1S/C28H30BrNO7/c1-16-6-5-7-24-26(16)21(12-20-8-10-22(29)11-9-20)14-30(24)28-27(36-19(4)33)25(35-18(3)32)13-23(37-28)15-34-17(2)31/h5-11,14,23,25,27-28H,12-13,15H2,1-4H3. The minimum Gasteiger partial charge on any atom is -0.463 e. The lowest BCUT2D eigenvalue weighted by Crippen LogP contribution is -2.50. The molecule has 1 aliphatic heterocycles. The number of fused-ring (bicyclic) bond motifs is 1. The quantitative estimate of drug-likeness (QED) is 0.290. The van der Waals surface area contributed by atoms with Gasteiger partial charge in [-0.15, -0.1) is 0 Å². The summed E-state index contributed by atoms with van der Waals surface area (Å²) in [7, 11) is 0. The highest BCUT2D eigenvalue weighted by molar-refractivity contribution is 9.10. The third kappa shape index (κ3) is 6.40. The van der Waals surface area contributed by atoms with Crippen molar-refractivity contribution in [3.63, 3.8) is 0 Å². The van der Waals surface area contributed by atoms with E-state index in [2.05, 4.69) is 28.1 Å². The maximum Gasteiger partial charge on any atom is 0.303 e. The molecule has 1 aromatic heterocycles. The van der Waals surface area contributed by atoms with Gasteiger partial charge >= 0.3 is 17.9 Å². The van der Waals surface area contributed by atoms with Crippen molar-refractivity contribution >= 4 is 44.7 Å². The third-order valence-electron chi connectivity index (χ3n) is 6.29. The molecule has 1 saturated heterocycles. The van der Waals surface area contributed by atoms with Crippen molar-refractivity contribution in [1.82, 2.24) is 4.57 Å². The predicted octanol–water partition coefficient (Wildman–Crippen LogP) is 5.02. The van der Waals surface area contributed by atoms with E-state index in [9.17, 15) is 14.4 Å². The van der Waals surface area contributed by atoms with Gasteiger partial charge in [0.05, 0.1) is 11.6 Å². The van der Waals surface area contributed by atoms with E-state index in [1.165, 1.54) is 20.8 Å². The van der Waals surface area contributed by atoms with E-state index in [-0.39, 0.29) is 13.0 Å². The number of halogens is 1. The molecule has 196 valence electrons. The van der Waals surface area contributed by atoms with E-state index < -0.39 is 42.4 Å². The van der Waals surface area contributed by atoms with E-state index in [1.807, 2.05) is 48.0 Å². The van der Waals surface area contributed by atoms with Crippen molar-refractivity contribution in [3.8, 4) is 0 Å². The summed E-state index contributed by atoms with van der Waals surface area (Å²) in [6, 6.07) is 14.1. The zero-order valence-corrected chi connectivity index (χ0v) is 22.8. The van der Waals surface area contributed by atoms with Crippen molar-refractivity contribution in [2.24, 2.45) is 0 Å². The number of hydrogen-bond donors (Lipinski definition) is 0. The van der Waals surface area contributed by atoms with Crippen LogP contribution in [0.1, 0.15) is 50.1 Å². The minimum atomic E-state index is -0.897. The van der Waals surface area contributed by atoms with Crippen LogP contribution in [-0.4, -0.2) is 47.4 Å². The number of esters is 3. The maximum atomic E-state index is 12.1. The van der Waals surface area contributed by atoms with Crippen LogP contribution in [0.2, 0.25) is 0 Å². The molecule has 4 atom stereocenters. The summed E-state index contributed by atoms with van der Waals surface area (Å²) in [5, 5.41) is 1.07. The molecule has 3 aromatic rings. The van der Waals surface area contributed by atoms with Gasteiger partial charge < -0.3 is 23.5 Å². The van der Waals surface area contributed by atoms with Gasteiger partial charge in [0.1, 0.15) is 12.7 Å². The Morgan fingerprint density at radius 1 is 1.00 bits per heavy atom. The molecule has 0 amide bonds. The summed E-state index contributed by atoms with van der Waals surface area (Å²) in [6.45, 7) is 5.97. The van der Waals surface area contributed by atoms with E-state index in [1.54, 1.807) is 0 Å². The Labute approximate surface area is 223 Å². The van der Waals surface area contributed by atoms with Crippen LogP contribution in [0.3, 0.4) is 0 Å². The number of aryl methyl sites for hydroxylation is 1. The lowest BCUT2D eigenvalue weighted by atomic mass is 10.0. The molecule has 0 spiro atoms. The van der Waals surface area contributed by atoms with Gasteiger partial charge in [0.2, 0.25) is 0 Å². The van der Waals surface area contributed by atoms with E-state index >= 15 is 0 Å². The molecular formula is C28H30BrNO7. The molecule has 1 aliphatic rings. The first-order valence-electron chi connectivity index (χ1n) is 12.1. The summed E-state index contributed by atoms with van der Waals surface area (Å²) < 4.78 is 25.8. The molecule has 9 heteroatoms. The Balaban J connectivity index is 1.80. The molecule has 8 nitrogen and oxygen atoms in total. The highest BCUT2D eigenvalue weighted by Gasteiger charge is 2.45. The molecule has 0 bridgehead atoms. The molecule has 1 fully saturated rings. The lowest BCUT2D eigenvalue weighted by molar-refractivity contribution is -0.229. The van der Waals surface area contributed by atoms with Gasteiger partial charge in [-0.1, -0.05) is 40.2 Å². The second-order valence-corrected chi connectivity index (χ2v) is 10.2. The van der Waals surface area contributed by atoms with Crippen LogP contribution in [0.4, 0.5) is 0 Å². The Hall–Kier alpha value is -3.17. The van der Waals surface area contributed by atoms with Crippen LogP contribution < -0.4 is 0 Å². The van der Waals surface area contributed by atoms with E-state index in [4.69, 9.17) is 18.9 Å². The van der Waals surface area contributed by atoms with Gasteiger partial charge in [0.15, 0.2) is 12.3 Å². The fourth-order valence-electron chi connectivity index (χ4n) is 4.86. The topological polar surface area (TPSA) is 93.1 Å². The lowest BCUT2D eigenvalue weighted by Gasteiger charge is -2.41. The number of carbonyl (C=O) groups is 3. The predicted molar refractivity (Wildman–Crippen MR) is 140 cm³/mol. The van der Waals surface area contributed by atoms with Gasteiger partial charge in [-0.25, -0.2) is 0 Å². The van der Waals surface area contributed by atoms with Gasteiger partial charge in [-0.2, -0.15) is 0 Å². The largest absolute Gasteiger partial charge is 0.463 e. The van der Waals surface area contributed by atoms with Crippen molar-refractivity contribution in [2.45, 2.75) is 65.1 Å². The maximum absolute atomic E-state index is 12.1. The van der Waals surface area contributed by atoms with Crippen molar-refractivity contribution in [3.05, 3.63) is 69.8 Å². The SMILES string of the molecule is CC(=O)OCC1CC(OC(C)=O)C(OC(C)=O)C(n2cc(Cc3ccc(Br)cc3)c3c(C)cccc32)O1. The normalized spacial score (nSPS) is 21.4. The molecule has 0 radical (unpaired) electrons. The second kappa shape index (κ2) is 11.5. The zero-order valence-electron chi connectivity index (χ0n) is 21.2. The Morgan fingerprint density at radius 2 is 1.70 bits per heavy atom. The highest BCUT2D eigenvalue weighted by Crippen LogP contribution is 2.37. The first-order valence-corrected chi connectivity index (χ1v) is 12.9.